The molecule has 0 saturated heterocycles. The van der Waals surface area contributed by atoms with Gasteiger partial charge in [-0.2, -0.15) is 0 Å². The maximum atomic E-state index is 13.2. The largest absolute Gasteiger partial charge is 0.395 e. The molecule has 0 atom stereocenters. The molecule has 4 rings (SSSR count). The van der Waals surface area contributed by atoms with Gasteiger partial charge in [0.15, 0.2) is 0 Å². The van der Waals surface area contributed by atoms with E-state index in [9.17, 15) is 20.0 Å². The maximum Gasteiger partial charge on any atom is 0.275 e. The fourth-order valence-corrected chi connectivity index (χ4v) is 3.66. The van der Waals surface area contributed by atoms with Crippen molar-refractivity contribution < 1.29 is 14.8 Å². The van der Waals surface area contributed by atoms with Gasteiger partial charge in [0.2, 0.25) is 0 Å². The minimum Gasteiger partial charge on any atom is -0.395 e. The molecule has 3 aromatic rings. The number of para-hydroxylation sites is 1. The zero-order valence-electron chi connectivity index (χ0n) is 14.0. The van der Waals surface area contributed by atoms with E-state index in [-0.39, 0.29) is 24.7 Å². The van der Waals surface area contributed by atoms with Gasteiger partial charge in [-0.25, -0.2) is 0 Å². The molecule has 1 aliphatic rings. The lowest BCUT2D eigenvalue weighted by Gasteiger charge is -2.28. The number of non-ortho nitro benzene ring substituents is 1. The van der Waals surface area contributed by atoms with E-state index in [0.717, 1.165) is 16.8 Å². The molecule has 0 spiro atoms. The molecule has 1 amide bonds. The minimum atomic E-state index is -0.434. The highest BCUT2D eigenvalue weighted by atomic mass is 16.6. The Labute approximate surface area is 149 Å². The summed E-state index contributed by atoms with van der Waals surface area (Å²) in [6, 6.07) is 14.0. The minimum absolute atomic E-state index is 0.000568. The topological polar surface area (TPSA) is 88.6 Å². The Balaban J connectivity index is 1.90. The number of hydrogen-bond donors (Lipinski definition) is 1. The van der Waals surface area contributed by atoms with Crippen molar-refractivity contribution in [3.05, 3.63) is 69.9 Å². The van der Waals surface area contributed by atoms with Crippen LogP contribution in [0.25, 0.3) is 10.9 Å². The van der Waals surface area contributed by atoms with Crippen molar-refractivity contribution in [2.75, 3.05) is 18.1 Å². The molecule has 0 aliphatic carbocycles. The number of aliphatic hydroxyl groups excluding tert-OH is 1. The summed E-state index contributed by atoms with van der Waals surface area (Å²) in [7, 11) is 0. The SMILES string of the molecule is O=C1c2c(c3cc([N+](=O)[O-])ccc3n2CCO)CCN1c1ccccc1. The molecule has 0 saturated carbocycles. The highest BCUT2D eigenvalue weighted by Crippen LogP contribution is 2.34. The van der Waals surface area contributed by atoms with Crippen LogP contribution >= 0.6 is 0 Å². The summed E-state index contributed by atoms with van der Waals surface area (Å²) >= 11 is 0. The number of carbonyl (C=O) groups is 1. The highest BCUT2D eigenvalue weighted by molar-refractivity contribution is 6.11. The Morgan fingerprint density at radius 1 is 1.15 bits per heavy atom. The molecule has 2 aromatic carbocycles. The van der Waals surface area contributed by atoms with E-state index < -0.39 is 4.92 Å². The molecular weight excluding hydrogens is 334 g/mol. The van der Waals surface area contributed by atoms with Crippen LogP contribution < -0.4 is 4.90 Å². The molecule has 1 aromatic heterocycles. The van der Waals surface area contributed by atoms with Crippen molar-refractivity contribution in [1.29, 1.82) is 0 Å². The number of anilines is 1. The number of rotatable bonds is 4. The molecule has 7 nitrogen and oxygen atoms in total. The lowest BCUT2D eigenvalue weighted by molar-refractivity contribution is -0.384. The molecule has 2 heterocycles. The summed E-state index contributed by atoms with van der Waals surface area (Å²) in [5.41, 5.74) is 2.87. The van der Waals surface area contributed by atoms with E-state index in [0.29, 0.717) is 24.0 Å². The van der Waals surface area contributed by atoms with Gasteiger partial charge in [0, 0.05) is 41.8 Å². The number of nitro groups is 1. The molecule has 0 bridgehead atoms. The van der Waals surface area contributed by atoms with Crippen LogP contribution in [0.3, 0.4) is 0 Å². The van der Waals surface area contributed by atoms with Gasteiger partial charge in [0.05, 0.1) is 11.5 Å². The lowest BCUT2D eigenvalue weighted by Crippen LogP contribution is -2.38. The predicted molar refractivity (Wildman–Crippen MR) is 97.5 cm³/mol. The number of amides is 1. The molecule has 1 N–H and O–H groups in total. The van der Waals surface area contributed by atoms with Crippen LogP contribution in [0.2, 0.25) is 0 Å². The highest BCUT2D eigenvalue weighted by Gasteiger charge is 2.32. The van der Waals surface area contributed by atoms with Gasteiger partial charge in [-0.1, -0.05) is 18.2 Å². The Hall–Kier alpha value is -3.19. The predicted octanol–water partition coefficient (Wildman–Crippen LogP) is 2.74. The van der Waals surface area contributed by atoms with Crippen molar-refractivity contribution in [3.63, 3.8) is 0 Å². The van der Waals surface area contributed by atoms with Crippen LogP contribution in [0, 0.1) is 10.1 Å². The summed E-state index contributed by atoms with van der Waals surface area (Å²) in [4.78, 5) is 25.6. The second-order valence-electron chi connectivity index (χ2n) is 6.20. The second-order valence-corrected chi connectivity index (χ2v) is 6.20. The van der Waals surface area contributed by atoms with Crippen LogP contribution in [-0.2, 0) is 13.0 Å². The zero-order chi connectivity index (χ0) is 18.3. The third-order valence-corrected chi connectivity index (χ3v) is 4.79. The summed E-state index contributed by atoms with van der Waals surface area (Å²) < 4.78 is 1.77. The van der Waals surface area contributed by atoms with E-state index in [1.165, 1.54) is 12.1 Å². The molecule has 26 heavy (non-hydrogen) atoms. The van der Waals surface area contributed by atoms with Crippen molar-refractivity contribution in [1.82, 2.24) is 4.57 Å². The number of aliphatic hydroxyl groups is 1. The first-order valence-corrected chi connectivity index (χ1v) is 8.39. The van der Waals surface area contributed by atoms with Gasteiger partial charge < -0.3 is 14.6 Å². The van der Waals surface area contributed by atoms with E-state index >= 15 is 0 Å². The molecule has 0 radical (unpaired) electrons. The number of aromatic nitrogens is 1. The Morgan fingerprint density at radius 3 is 2.62 bits per heavy atom. The van der Waals surface area contributed by atoms with Gasteiger partial charge >= 0.3 is 0 Å². The first kappa shape index (κ1) is 16.3. The van der Waals surface area contributed by atoms with Gasteiger partial charge in [-0.3, -0.25) is 14.9 Å². The molecule has 0 unspecified atom stereocenters. The second kappa shape index (κ2) is 6.27. The molecule has 0 fully saturated rings. The van der Waals surface area contributed by atoms with Gasteiger partial charge in [-0.05, 0) is 30.2 Å². The molecule has 7 heteroatoms. The lowest BCUT2D eigenvalue weighted by atomic mass is 10.0. The first-order valence-electron chi connectivity index (χ1n) is 8.39. The van der Waals surface area contributed by atoms with Crippen LogP contribution in [0.15, 0.2) is 48.5 Å². The first-order chi connectivity index (χ1) is 12.6. The Morgan fingerprint density at radius 2 is 1.92 bits per heavy atom. The summed E-state index contributed by atoms with van der Waals surface area (Å²) in [5, 5.41) is 21.3. The Kier molecular flexibility index (Phi) is 3.93. The van der Waals surface area contributed by atoms with Gasteiger partial charge in [0.25, 0.3) is 11.6 Å². The quantitative estimate of drug-likeness (QED) is 0.578. The standard InChI is InChI=1S/C19H17N3O4/c23-11-10-21-17-7-6-14(22(25)26)12-16(17)15-8-9-20(19(24)18(15)21)13-4-2-1-3-5-13/h1-7,12,23H,8-11H2. The van der Waals surface area contributed by atoms with Crippen LogP contribution in [0.4, 0.5) is 11.4 Å². The van der Waals surface area contributed by atoms with Crippen LogP contribution in [-0.4, -0.2) is 33.7 Å². The van der Waals surface area contributed by atoms with E-state index in [1.807, 2.05) is 30.3 Å². The Bertz CT molecular complexity index is 1010. The summed E-state index contributed by atoms with van der Waals surface area (Å²) in [6.07, 6.45) is 0.603. The average Bonchev–Trinajstić information content (AvgIpc) is 2.97. The smallest absolute Gasteiger partial charge is 0.275 e. The number of nitrogens with zero attached hydrogens (tertiary/aromatic N) is 3. The summed E-state index contributed by atoms with van der Waals surface area (Å²) in [6.45, 7) is 0.653. The number of hydrogen-bond acceptors (Lipinski definition) is 4. The number of nitro benzene ring substituents is 1. The average molecular weight is 351 g/mol. The molecular formula is C19H17N3O4. The van der Waals surface area contributed by atoms with E-state index in [4.69, 9.17) is 0 Å². The normalized spacial score (nSPS) is 13.9. The zero-order valence-corrected chi connectivity index (χ0v) is 14.0. The third kappa shape index (κ3) is 2.44. The van der Waals surface area contributed by atoms with Crippen molar-refractivity contribution in [2.45, 2.75) is 13.0 Å². The van der Waals surface area contributed by atoms with Crippen LogP contribution in [0.1, 0.15) is 16.1 Å². The van der Waals surface area contributed by atoms with E-state index in [2.05, 4.69) is 0 Å². The molecule has 132 valence electrons. The number of carbonyl (C=O) groups excluding carboxylic acids is 1. The van der Waals surface area contributed by atoms with Crippen molar-refractivity contribution in [3.8, 4) is 0 Å². The molecule has 1 aliphatic heterocycles. The van der Waals surface area contributed by atoms with Gasteiger partial charge in [0.1, 0.15) is 5.69 Å². The number of fused-ring (bicyclic) bond motifs is 3. The van der Waals surface area contributed by atoms with Crippen LogP contribution in [0.5, 0.6) is 0 Å². The fraction of sp³-hybridized carbons (Fsp3) is 0.211. The van der Waals surface area contributed by atoms with Crippen molar-refractivity contribution in [2.24, 2.45) is 0 Å². The van der Waals surface area contributed by atoms with Gasteiger partial charge in [-0.15, -0.1) is 0 Å². The number of benzene rings is 2. The fourth-order valence-electron chi connectivity index (χ4n) is 3.66. The summed E-state index contributed by atoms with van der Waals surface area (Å²) in [5.74, 6) is -0.148. The maximum absolute atomic E-state index is 13.2. The third-order valence-electron chi connectivity index (χ3n) is 4.79. The van der Waals surface area contributed by atoms with Crippen molar-refractivity contribution >= 4 is 28.2 Å². The van der Waals surface area contributed by atoms with E-state index in [1.54, 1.807) is 15.5 Å². The monoisotopic (exact) mass is 351 g/mol.